The first kappa shape index (κ1) is 12.9. The molecule has 3 heteroatoms. The van der Waals surface area contributed by atoms with Crippen LogP contribution in [0.2, 0.25) is 0 Å². The normalized spacial score (nSPS) is 31.7. The van der Waals surface area contributed by atoms with E-state index in [4.69, 9.17) is 4.74 Å². The van der Waals surface area contributed by atoms with Crippen molar-refractivity contribution in [1.29, 1.82) is 0 Å². The largest absolute Gasteiger partial charge is 0.377 e. The quantitative estimate of drug-likeness (QED) is 0.810. The molecule has 3 rings (SSSR count). The van der Waals surface area contributed by atoms with Crippen LogP contribution in [-0.4, -0.2) is 49.8 Å². The molecule has 104 valence electrons. The SMILES string of the molecule is C1CCC(CN2CCC(CNC3CC3)CC2)OC1. The summed E-state index contributed by atoms with van der Waals surface area (Å²) >= 11 is 0. The summed E-state index contributed by atoms with van der Waals surface area (Å²) in [7, 11) is 0. The van der Waals surface area contributed by atoms with Crippen LogP contribution in [0.5, 0.6) is 0 Å². The van der Waals surface area contributed by atoms with Crippen LogP contribution in [0.3, 0.4) is 0 Å². The van der Waals surface area contributed by atoms with Crippen molar-refractivity contribution in [2.75, 3.05) is 32.8 Å². The van der Waals surface area contributed by atoms with Crippen molar-refractivity contribution in [3.05, 3.63) is 0 Å². The Hall–Kier alpha value is -0.120. The fraction of sp³-hybridized carbons (Fsp3) is 1.00. The molecule has 0 spiro atoms. The number of nitrogens with zero attached hydrogens (tertiary/aromatic N) is 1. The molecule has 1 aliphatic carbocycles. The standard InChI is InChI=1S/C15H28N2O/c1-2-10-18-15(3-1)12-17-8-6-13(7-9-17)11-16-14-4-5-14/h13-16H,1-12H2. The smallest absolute Gasteiger partial charge is 0.0702 e. The third kappa shape index (κ3) is 3.94. The van der Waals surface area contributed by atoms with Crippen molar-refractivity contribution < 1.29 is 4.74 Å². The Bertz CT molecular complexity index is 241. The Morgan fingerprint density at radius 1 is 1.00 bits per heavy atom. The van der Waals surface area contributed by atoms with Gasteiger partial charge in [0.2, 0.25) is 0 Å². The molecular formula is C15H28N2O. The molecule has 2 aliphatic heterocycles. The minimum Gasteiger partial charge on any atom is -0.377 e. The van der Waals surface area contributed by atoms with E-state index < -0.39 is 0 Å². The van der Waals surface area contributed by atoms with E-state index in [0.717, 1.165) is 18.6 Å². The molecule has 2 heterocycles. The Morgan fingerprint density at radius 3 is 2.50 bits per heavy atom. The second kappa shape index (κ2) is 6.36. The summed E-state index contributed by atoms with van der Waals surface area (Å²) in [5, 5.41) is 3.68. The number of hydrogen-bond donors (Lipinski definition) is 1. The van der Waals surface area contributed by atoms with Crippen LogP contribution < -0.4 is 5.32 Å². The summed E-state index contributed by atoms with van der Waals surface area (Å²) in [6.07, 6.45) is 10.0. The predicted octanol–water partition coefficient (Wildman–Crippen LogP) is 2.02. The molecule has 1 atom stereocenters. The molecule has 0 radical (unpaired) electrons. The molecule has 1 N–H and O–H groups in total. The summed E-state index contributed by atoms with van der Waals surface area (Å²) in [6, 6.07) is 0.874. The van der Waals surface area contributed by atoms with Crippen LogP contribution in [0.1, 0.15) is 44.9 Å². The van der Waals surface area contributed by atoms with E-state index in [-0.39, 0.29) is 0 Å². The van der Waals surface area contributed by atoms with Crippen molar-refractivity contribution in [3.8, 4) is 0 Å². The molecule has 18 heavy (non-hydrogen) atoms. The van der Waals surface area contributed by atoms with Crippen molar-refractivity contribution in [3.63, 3.8) is 0 Å². The number of nitrogens with one attached hydrogen (secondary N) is 1. The Balaban J connectivity index is 1.31. The summed E-state index contributed by atoms with van der Waals surface area (Å²) in [5.41, 5.74) is 0. The van der Waals surface area contributed by atoms with Crippen LogP contribution in [0.25, 0.3) is 0 Å². The van der Waals surface area contributed by atoms with Gasteiger partial charge in [-0.2, -0.15) is 0 Å². The molecule has 0 bridgehead atoms. The minimum absolute atomic E-state index is 0.528. The van der Waals surface area contributed by atoms with Crippen molar-refractivity contribution >= 4 is 0 Å². The van der Waals surface area contributed by atoms with Crippen molar-refractivity contribution in [2.24, 2.45) is 5.92 Å². The lowest BCUT2D eigenvalue weighted by molar-refractivity contribution is -0.0112. The van der Waals surface area contributed by atoms with Crippen LogP contribution in [-0.2, 0) is 4.74 Å². The predicted molar refractivity (Wildman–Crippen MR) is 73.8 cm³/mol. The highest BCUT2D eigenvalue weighted by Crippen LogP contribution is 2.22. The molecular weight excluding hydrogens is 224 g/mol. The molecule has 0 aromatic carbocycles. The lowest BCUT2D eigenvalue weighted by atomic mass is 9.96. The fourth-order valence-corrected chi connectivity index (χ4v) is 3.23. The van der Waals surface area contributed by atoms with E-state index in [2.05, 4.69) is 10.2 Å². The van der Waals surface area contributed by atoms with Gasteiger partial charge in [0, 0.05) is 19.2 Å². The molecule has 2 saturated heterocycles. The molecule has 3 aliphatic rings. The zero-order chi connectivity index (χ0) is 12.2. The Labute approximate surface area is 111 Å². The third-order valence-corrected chi connectivity index (χ3v) is 4.72. The maximum atomic E-state index is 5.84. The first-order valence-corrected chi connectivity index (χ1v) is 7.97. The van der Waals surface area contributed by atoms with Gasteiger partial charge in [-0.25, -0.2) is 0 Å². The molecule has 0 amide bonds. The number of likely N-dealkylation sites (tertiary alicyclic amines) is 1. The Morgan fingerprint density at radius 2 is 1.83 bits per heavy atom. The second-order valence-electron chi connectivity index (χ2n) is 6.42. The van der Waals surface area contributed by atoms with Crippen molar-refractivity contribution in [2.45, 2.75) is 57.1 Å². The van der Waals surface area contributed by atoms with Crippen LogP contribution in [0.4, 0.5) is 0 Å². The highest BCUT2D eigenvalue weighted by Gasteiger charge is 2.25. The molecule has 1 unspecified atom stereocenters. The van der Waals surface area contributed by atoms with E-state index in [1.54, 1.807) is 0 Å². The van der Waals surface area contributed by atoms with Gasteiger partial charge in [-0.15, -0.1) is 0 Å². The summed E-state index contributed by atoms with van der Waals surface area (Å²) < 4.78 is 5.84. The van der Waals surface area contributed by atoms with Crippen LogP contribution in [0.15, 0.2) is 0 Å². The Kier molecular flexibility index (Phi) is 4.55. The van der Waals surface area contributed by atoms with Gasteiger partial charge in [0.25, 0.3) is 0 Å². The summed E-state index contributed by atoms with van der Waals surface area (Å²) in [5.74, 6) is 0.925. The minimum atomic E-state index is 0.528. The highest BCUT2D eigenvalue weighted by molar-refractivity contribution is 4.83. The molecule has 3 fully saturated rings. The van der Waals surface area contributed by atoms with E-state index in [1.807, 2.05) is 0 Å². The highest BCUT2D eigenvalue weighted by atomic mass is 16.5. The van der Waals surface area contributed by atoms with E-state index in [1.165, 1.54) is 71.1 Å². The zero-order valence-electron chi connectivity index (χ0n) is 11.6. The van der Waals surface area contributed by atoms with Gasteiger partial charge in [-0.3, -0.25) is 0 Å². The zero-order valence-corrected chi connectivity index (χ0v) is 11.6. The monoisotopic (exact) mass is 252 g/mol. The molecule has 1 saturated carbocycles. The number of rotatable bonds is 5. The maximum absolute atomic E-state index is 5.84. The third-order valence-electron chi connectivity index (χ3n) is 4.72. The summed E-state index contributed by atoms with van der Waals surface area (Å²) in [6.45, 7) is 6.02. The number of hydrogen-bond acceptors (Lipinski definition) is 3. The fourth-order valence-electron chi connectivity index (χ4n) is 3.23. The molecule has 0 aromatic rings. The van der Waals surface area contributed by atoms with Gasteiger partial charge in [0.15, 0.2) is 0 Å². The van der Waals surface area contributed by atoms with Gasteiger partial charge in [0.05, 0.1) is 6.10 Å². The van der Waals surface area contributed by atoms with Gasteiger partial charge in [0.1, 0.15) is 0 Å². The average molecular weight is 252 g/mol. The van der Waals surface area contributed by atoms with Crippen LogP contribution in [0, 0.1) is 5.92 Å². The topological polar surface area (TPSA) is 24.5 Å². The number of ether oxygens (including phenoxy) is 1. The van der Waals surface area contributed by atoms with Gasteiger partial charge < -0.3 is 15.0 Å². The van der Waals surface area contributed by atoms with E-state index in [9.17, 15) is 0 Å². The average Bonchev–Trinajstić information content (AvgIpc) is 3.23. The van der Waals surface area contributed by atoms with Crippen LogP contribution >= 0.6 is 0 Å². The second-order valence-corrected chi connectivity index (χ2v) is 6.42. The first-order valence-electron chi connectivity index (χ1n) is 7.97. The lowest BCUT2D eigenvalue weighted by Gasteiger charge is -2.35. The number of piperidine rings is 1. The van der Waals surface area contributed by atoms with E-state index >= 15 is 0 Å². The van der Waals surface area contributed by atoms with Crippen molar-refractivity contribution in [1.82, 2.24) is 10.2 Å². The molecule has 3 nitrogen and oxygen atoms in total. The first-order chi connectivity index (χ1) is 8.90. The van der Waals surface area contributed by atoms with E-state index in [0.29, 0.717) is 6.10 Å². The van der Waals surface area contributed by atoms with Gasteiger partial charge >= 0.3 is 0 Å². The lowest BCUT2D eigenvalue weighted by Crippen LogP contribution is -2.42. The summed E-state index contributed by atoms with van der Waals surface area (Å²) in [4.78, 5) is 2.63. The molecule has 0 aromatic heterocycles. The maximum Gasteiger partial charge on any atom is 0.0702 e. The van der Waals surface area contributed by atoms with Gasteiger partial charge in [-0.1, -0.05) is 0 Å². The van der Waals surface area contributed by atoms with Gasteiger partial charge in [-0.05, 0) is 70.5 Å².